The van der Waals surface area contributed by atoms with E-state index in [0.717, 1.165) is 5.56 Å². The second-order valence-electron chi connectivity index (χ2n) is 8.26. The molecule has 1 heterocycles. The second-order valence-corrected chi connectivity index (χ2v) is 8.26. The number of ketones is 1. The molecule has 0 spiro atoms. The highest BCUT2D eigenvalue weighted by Gasteiger charge is 2.45. The number of ether oxygens (including phenoxy) is 2. The summed E-state index contributed by atoms with van der Waals surface area (Å²) in [5.74, 6) is -0.299. The van der Waals surface area contributed by atoms with E-state index in [1.54, 1.807) is 24.3 Å². The Morgan fingerprint density at radius 1 is 1.09 bits per heavy atom. The van der Waals surface area contributed by atoms with Gasteiger partial charge in [0.05, 0.1) is 24.8 Å². The van der Waals surface area contributed by atoms with E-state index in [4.69, 9.17) is 9.47 Å². The highest BCUT2D eigenvalue weighted by molar-refractivity contribution is 6.46. The summed E-state index contributed by atoms with van der Waals surface area (Å²) >= 11 is 0. The van der Waals surface area contributed by atoms with Crippen molar-refractivity contribution in [3.8, 4) is 11.5 Å². The number of benzene rings is 2. The zero-order valence-electron chi connectivity index (χ0n) is 19.2. The SMILES string of the molecule is COc1cccc(/C(O)=C2/C(=O)C(=O)N(CCN(C)C)C2c2ccc(OC(C)C)cc2)c1. The fraction of sp³-hybridized carbons (Fsp3) is 0.360. The zero-order chi connectivity index (χ0) is 23.4. The Hall–Kier alpha value is -3.32. The van der Waals surface area contributed by atoms with Gasteiger partial charge < -0.3 is 24.4 Å². The first kappa shape index (κ1) is 23.3. The number of amides is 1. The molecule has 7 nitrogen and oxygen atoms in total. The van der Waals surface area contributed by atoms with Gasteiger partial charge in [-0.05, 0) is 57.8 Å². The summed E-state index contributed by atoms with van der Waals surface area (Å²) in [5.41, 5.74) is 1.21. The lowest BCUT2D eigenvalue weighted by atomic mass is 9.95. The van der Waals surface area contributed by atoms with E-state index in [9.17, 15) is 14.7 Å². The van der Waals surface area contributed by atoms with Crippen LogP contribution < -0.4 is 9.47 Å². The number of carbonyl (C=O) groups excluding carboxylic acids is 2. The summed E-state index contributed by atoms with van der Waals surface area (Å²) in [5, 5.41) is 11.1. The van der Waals surface area contributed by atoms with Crippen LogP contribution in [0.3, 0.4) is 0 Å². The van der Waals surface area contributed by atoms with Gasteiger partial charge in [0.15, 0.2) is 0 Å². The number of carbonyl (C=O) groups is 2. The summed E-state index contributed by atoms with van der Waals surface area (Å²) in [6.07, 6.45) is 0.0274. The lowest BCUT2D eigenvalue weighted by Crippen LogP contribution is -2.35. The van der Waals surface area contributed by atoms with Gasteiger partial charge in [-0.3, -0.25) is 9.59 Å². The van der Waals surface area contributed by atoms with Gasteiger partial charge >= 0.3 is 0 Å². The van der Waals surface area contributed by atoms with Crippen LogP contribution in [0.2, 0.25) is 0 Å². The molecule has 0 aromatic heterocycles. The van der Waals surface area contributed by atoms with Crippen molar-refractivity contribution in [1.29, 1.82) is 0 Å². The number of aliphatic hydroxyl groups excluding tert-OH is 1. The first-order chi connectivity index (χ1) is 15.2. The molecule has 3 rings (SSSR count). The maximum absolute atomic E-state index is 13.0. The fourth-order valence-electron chi connectivity index (χ4n) is 3.69. The number of likely N-dealkylation sites (N-methyl/N-ethyl adjacent to an activating group) is 1. The molecule has 1 unspecified atom stereocenters. The number of methoxy groups -OCH3 is 1. The van der Waals surface area contributed by atoms with Gasteiger partial charge in [0.25, 0.3) is 11.7 Å². The Morgan fingerprint density at radius 3 is 2.38 bits per heavy atom. The molecule has 0 aliphatic carbocycles. The van der Waals surface area contributed by atoms with Gasteiger partial charge in [-0.1, -0.05) is 24.3 Å². The van der Waals surface area contributed by atoms with Crippen molar-refractivity contribution in [1.82, 2.24) is 9.80 Å². The summed E-state index contributed by atoms with van der Waals surface area (Å²) in [6, 6.07) is 13.4. The van der Waals surface area contributed by atoms with E-state index in [-0.39, 0.29) is 17.4 Å². The van der Waals surface area contributed by atoms with Gasteiger partial charge in [-0.25, -0.2) is 0 Å². The summed E-state index contributed by atoms with van der Waals surface area (Å²) in [4.78, 5) is 29.5. The van der Waals surface area contributed by atoms with E-state index in [1.165, 1.54) is 12.0 Å². The van der Waals surface area contributed by atoms with Crippen LogP contribution in [-0.4, -0.2) is 67.0 Å². The molecule has 1 N–H and O–H groups in total. The van der Waals surface area contributed by atoms with Crippen molar-refractivity contribution in [3.63, 3.8) is 0 Å². The van der Waals surface area contributed by atoms with Crippen LogP contribution in [0, 0.1) is 0 Å². The molecule has 1 atom stereocenters. The summed E-state index contributed by atoms with van der Waals surface area (Å²) in [6.45, 7) is 4.81. The van der Waals surface area contributed by atoms with Crippen molar-refractivity contribution in [2.75, 3.05) is 34.3 Å². The Kier molecular flexibility index (Phi) is 7.20. The standard InChI is InChI=1S/C25H30N2O5/c1-16(2)32-19-11-9-17(10-12-19)22-21(23(28)18-7-6-8-20(15-18)31-5)24(29)25(30)27(22)14-13-26(3)4/h6-12,15-16,22,28H,13-14H2,1-5H3/b23-21-. The van der Waals surface area contributed by atoms with Crippen LogP contribution in [0.4, 0.5) is 0 Å². The maximum atomic E-state index is 13.0. The molecule has 1 aliphatic rings. The largest absolute Gasteiger partial charge is 0.507 e. The van der Waals surface area contributed by atoms with Gasteiger partial charge in [-0.15, -0.1) is 0 Å². The second kappa shape index (κ2) is 9.87. The first-order valence-electron chi connectivity index (χ1n) is 10.6. The molecule has 0 saturated carbocycles. The molecule has 1 amide bonds. The summed E-state index contributed by atoms with van der Waals surface area (Å²) < 4.78 is 11.0. The average molecular weight is 439 g/mol. The van der Waals surface area contributed by atoms with Crippen molar-refractivity contribution >= 4 is 17.4 Å². The molecule has 0 bridgehead atoms. The molecule has 2 aromatic carbocycles. The molecule has 2 aromatic rings. The molecule has 0 radical (unpaired) electrons. The van der Waals surface area contributed by atoms with Crippen LogP contribution >= 0.6 is 0 Å². The number of Topliss-reactive ketones (excluding diaryl/α,β-unsaturated/α-hetero) is 1. The highest BCUT2D eigenvalue weighted by Crippen LogP contribution is 2.40. The third-order valence-electron chi connectivity index (χ3n) is 5.24. The first-order valence-corrected chi connectivity index (χ1v) is 10.6. The minimum atomic E-state index is -0.700. The minimum absolute atomic E-state index is 0.0274. The molecular weight excluding hydrogens is 408 g/mol. The smallest absolute Gasteiger partial charge is 0.295 e. The van der Waals surface area contributed by atoms with Crippen molar-refractivity contribution in [2.45, 2.75) is 26.0 Å². The van der Waals surface area contributed by atoms with Crippen LogP contribution in [-0.2, 0) is 9.59 Å². The Bertz CT molecular complexity index is 1010. The average Bonchev–Trinajstić information content (AvgIpc) is 3.02. The monoisotopic (exact) mass is 438 g/mol. The molecule has 1 aliphatic heterocycles. The lowest BCUT2D eigenvalue weighted by Gasteiger charge is -2.26. The number of aliphatic hydroxyl groups is 1. The van der Waals surface area contributed by atoms with Crippen molar-refractivity contribution in [3.05, 3.63) is 65.2 Å². The minimum Gasteiger partial charge on any atom is -0.507 e. The van der Waals surface area contributed by atoms with E-state index in [1.807, 2.05) is 57.1 Å². The van der Waals surface area contributed by atoms with E-state index in [2.05, 4.69) is 0 Å². The zero-order valence-corrected chi connectivity index (χ0v) is 19.2. The Labute approximate surface area is 188 Å². The molecule has 1 fully saturated rings. The quantitative estimate of drug-likeness (QED) is 0.386. The maximum Gasteiger partial charge on any atom is 0.295 e. The van der Waals surface area contributed by atoms with Gasteiger partial charge in [0.2, 0.25) is 0 Å². The van der Waals surface area contributed by atoms with Gasteiger partial charge in [0, 0.05) is 18.7 Å². The van der Waals surface area contributed by atoms with Crippen molar-refractivity contribution < 1.29 is 24.2 Å². The lowest BCUT2D eigenvalue weighted by molar-refractivity contribution is -0.140. The topological polar surface area (TPSA) is 79.3 Å². The number of nitrogens with zero attached hydrogens (tertiary/aromatic N) is 2. The van der Waals surface area contributed by atoms with Crippen LogP contribution in [0.15, 0.2) is 54.1 Å². The number of rotatable bonds is 8. The van der Waals surface area contributed by atoms with Crippen molar-refractivity contribution in [2.24, 2.45) is 0 Å². The Balaban J connectivity index is 2.10. The van der Waals surface area contributed by atoms with Crippen LogP contribution in [0.5, 0.6) is 11.5 Å². The number of hydrogen-bond donors (Lipinski definition) is 1. The number of likely N-dealkylation sites (tertiary alicyclic amines) is 1. The van der Waals surface area contributed by atoms with Crippen LogP contribution in [0.25, 0.3) is 5.76 Å². The van der Waals surface area contributed by atoms with Crippen LogP contribution in [0.1, 0.15) is 31.0 Å². The predicted octanol–water partition coefficient (Wildman–Crippen LogP) is 3.47. The molecule has 7 heteroatoms. The molecule has 32 heavy (non-hydrogen) atoms. The number of hydrogen-bond acceptors (Lipinski definition) is 6. The van der Waals surface area contributed by atoms with E-state index in [0.29, 0.717) is 30.2 Å². The molecular formula is C25H30N2O5. The summed E-state index contributed by atoms with van der Waals surface area (Å²) in [7, 11) is 5.33. The van der Waals surface area contributed by atoms with E-state index >= 15 is 0 Å². The normalized spacial score (nSPS) is 18.0. The third kappa shape index (κ3) is 4.94. The predicted molar refractivity (Wildman–Crippen MR) is 123 cm³/mol. The van der Waals surface area contributed by atoms with Gasteiger partial charge in [-0.2, -0.15) is 0 Å². The van der Waals surface area contributed by atoms with Gasteiger partial charge in [0.1, 0.15) is 17.3 Å². The third-order valence-corrected chi connectivity index (χ3v) is 5.24. The van der Waals surface area contributed by atoms with E-state index < -0.39 is 17.7 Å². The molecule has 1 saturated heterocycles. The Morgan fingerprint density at radius 2 is 1.78 bits per heavy atom. The molecule has 170 valence electrons. The highest BCUT2D eigenvalue weighted by atomic mass is 16.5. The fourth-order valence-corrected chi connectivity index (χ4v) is 3.69.